The Labute approximate surface area is 176 Å². The van der Waals surface area contributed by atoms with E-state index in [4.69, 9.17) is 4.55 Å². The molecule has 0 spiro atoms. The van der Waals surface area contributed by atoms with Gasteiger partial charge in [0.1, 0.15) is 7.05 Å². The highest BCUT2D eigenvalue weighted by Gasteiger charge is 2.42. The zero-order chi connectivity index (χ0) is 21.2. The molecule has 0 aromatic heterocycles. The number of fused-ring (bicyclic) bond motifs is 1. The number of rotatable bonds is 7. The van der Waals surface area contributed by atoms with Crippen LogP contribution in [0.15, 0.2) is 54.6 Å². The molecule has 0 fully saturated rings. The van der Waals surface area contributed by atoms with E-state index in [9.17, 15) is 8.42 Å². The first-order valence-corrected chi connectivity index (χ1v) is 12.4. The summed E-state index contributed by atoms with van der Waals surface area (Å²) in [4.78, 5) is 1.96. The monoisotopic (exact) mass is 431 g/mol. The van der Waals surface area contributed by atoms with Crippen LogP contribution in [0.1, 0.15) is 25.0 Å². The lowest BCUT2D eigenvalue weighted by Gasteiger charge is -2.18. The van der Waals surface area contributed by atoms with E-state index in [0.29, 0.717) is 23.1 Å². The Morgan fingerprint density at radius 1 is 1.10 bits per heavy atom. The molecule has 2 aromatic rings. The summed E-state index contributed by atoms with van der Waals surface area (Å²) in [5, 5.41) is 0. The summed E-state index contributed by atoms with van der Waals surface area (Å²) in [6.45, 7) is 5.02. The first kappa shape index (κ1) is 21.6. The fourth-order valence-electron chi connectivity index (χ4n) is 3.73. The molecule has 1 N–H and O–H groups in total. The Morgan fingerprint density at radius 2 is 1.76 bits per heavy atom. The Hall–Kier alpha value is -2.09. The minimum Gasteiger partial charge on any atom is -0.374 e. The molecule has 29 heavy (non-hydrogen) atoms. The van der Waals surface area contributed by atoms with E-state index in [1.54, 1.807) is 0 Å². The molecule has 5 nitrogen and oxygen atoms in total. The Morgan fingerprint density at radius 3 is 2.38 bits per heavy atom. The number of anilines is 1. The lowest BCUT2D eigenvalue weighted by molar-refractivity contribution is -0.401. The molecule has 0 bridgehead atoms. The van der Waals surface area contributed by atoms with Gasteiger partial charge in [-0.15, -0.1) is 0 Å². The zero-order valence-corrected chi connectivity index (χ0v) is 18.8. The summed E-state index contributed by atoms with van der Waals surface area (Å²) in [7, 11) is 0.569. The third-order valence-corrected chi connectivity index (χ3v) is 7.41. The number of para-hydroxylation sites is 1. The molecular weight excluding hydrogens is 404 g/mol. The van der Waals surface area contributed by atoms with Gasteiger partial charge in [-0.2, -0.15) is 13.0 Å². The van der Waals surface area contributed by atoms with Crippen molar-refractivity contribution < 1.29 is 17.5 Å². The van der Waals surface area contributed by atoms with Gasteiger partial charge in [0.05, 0.1) is 5.41 Å². The molecular formula is C22H27N2O3S2+. The van der Waals surface area contributed by atoms with Crippen molar-refractivity contribution in [2.45, 2.75) is 19.3 Å². The summed E-state index contributed by atoms with van der Waals surface area (Å²) in [6.07, 6.45) is 4.30. The molecule has 7 heteroatoms. The van der Waals surface area contributed by atoms with Crippen molar-refractivity contribution in [2.75, 3.05) is 31.3 Å². The molecule has 1 heterocycles. The van der Waals surface area contributed by atoms with E-state index in [2.05, 4.69) is 61.9 Å². The highest BCUT2D eigenvalue weighted by molar-refractivity contribution is 8.69. The van der Waals surface area contributed by atoms with Crippen LogP contribution in [0.3, 0.4) is 0 Å². The fraction of sp³-hybridized carbons (Fsp3) is 0.318. The van der Waals surface area contributed by atoms with Gasteiger partial charge in [-0.1, -0.05) is 30.3 Å². The maximum absolute atomic E-state index is 10.8. The van der Waals surface area contributed by atoms with Crippen molar-refractivity contribution in [3.63, 3.8) is 0 Å². The van der Waals surface area contributed by atoms with E-state index in [-0.39, 0.29) is 5.41 Å². The minimum absolute atomic E-state index is 0.0489. The van der Waals surface area contributed by atoms with Crippen molar-refractivity contribution >= 4 is 43.1 Å². The normalized spacial score (nSPS) is 15.8. The number of benzene rings is 2. The fourth-order valence-corrected chi connectivity index (χ4v) is 5.14. The molecule has 1 aliphatic rings. The molecule has 2 aromatic carbocycles. The van der Waals surface area contributed by atoms with Crippen LogP contribution in [0, 0.1) is 0 Å². The van der Waals surface area contributed by atoms with Crippen molar-refractivity contribution in [1.82, 2.24) is 0 Å². The van der Waals surface area contributed by atoms with Crippen LogP contribution in [-0.4, -0.2) is 49.7 Å². The summed E-state index contributed by atoms with van der Waals surface area (Å²) in [5.74, 6) is 0.303. The van der Waals surface area contributed by atoms with Crippen molar-refractivity contribution in [2.24, 2.45) is 0 Å². The lowest BCUT2D eigenvalue weighted by atomic mass is 9.81. The zero-order valence-electron chi connectivity index (χ0n) is 17.2. The number of nitrogens with zero attached hydrogens (tertiary/aromatic N) is 2. The number of allylic oxidation sites excluding steroid dienone is 1. The summed E-state index contributed by atoms with van der Waals surface area (Å²) < 4.78 is 32.7. The third-order valence-electron chi connectivity index (χ3n) is 5.37. The SMILES string of the molecule is CN(CCSS(=O)(=O)O)c1ccc(C=CC2=[N+](C)c3ccccc3C2(C)C)cc1. The largest absolute Gasteiger partial charge is 0.374 e. The van der Waals surface area contributed by atoms with Crippen LogP contribution in [-0.2, 0) is 14.6 Å². The first-order chi connectivity index (χ1) is 13.6. The van der Waals surface area contributed by atoms with Gasteiger partial charge in [-0.05, 0) is 48.4 Å². The molecule has 0 unspecified atom stereocenters. The van der Waals surface area contributed by atoms with Gasteiger partial charge in [-0.3, -0.25) is 4.55 Å². The van der Waals surface area contributed by atoms with Gasteiger partial charge in [-0.25, -0.2) is 0 Å². The van der Waals surface area contributed by atoms with Gasteiger partial charge in [0, 0.05) is 42.7 Å². The molecule has 1 aliphatic heterocycles. The van der Waals surface area contributed by atoms with E-state index in [0.717, 1.165) is 11.3 Å². The molecule has 0 saturated heterocycles. The van der Waals surface area contributed by atoms with E-state index in [1.807, 2.05) is 36.2 Å². The minimum atomic E-state index is -3.98. The Balaban J connectivity index is 1.70. The Bertz CT molecular complexity index is 1060. The molecule has 154 valence electrons. The van der Waals surface area contributed by atoms with Gasteiger partial charge >= 0.3 is 9.15 Å². The lowest BCUT2D eigenvalue weighted by Crippen LogP contribution is -2.26. The van der Waals surface area contributed by atoms with Crippen LogP contribution < -0.4 is 4.90 Å². The summed E-state index contributed by atoms with van der Waals surface area (Å²) >= 11 is 0. The molecule has 0 radical (unpaired) electrons. The smallest absolute Gasteiger partial charge is 0.319 e. The second-order valence-electron chi connectivity index (χ2n) is 7.68. The first-order valence-electron chi connectivity index (χ1n) is 9.41. The van der Waals surface area contributed by atoms with Crippen LogP contribution in [0.4, 0.5) is 11.4 Å². The highest BCUT2D eigenvalue weighted by atomic mass is 33.1. The van der Waals surface area contributed by atoms with E-state index in [1.165, 1.54) is 17.0 Å². The quantitative estimate of drug-likeness (QED) is 0.401. The van der Waals surface area contributed by atoms with Gasteiger partial charge in [0.15, 0.2) is 5.71 Å². The second kappa shape index (κ2) is 8.34. The van der Waals surface area contributed by atoms with Crippen LogP contribution in [0.5, 0.6) is 0 Å². The van der Waals surface area contributed by atoms with E-state index < -0.39 is 9.15 Å². The topological polar surface area (TPSA) is 60.6 Å². The third kappa shape index (κ3) is 4.91. The van der Waals surface area contributed by atoms with Crippen molar-refractivity contribution in [3.05, 3.63) is 65.7 Å². The molecule has 3 rings (SSSR count). The molecule has 0 aliphatic carbocycles. The predicted molar refractivity (Wildman–Crippen MR) is 123 cm³/mol. The molecule has 0 amide bonds. The van der Waals surface area contributed by atoms with Crippen molar-refractivity contribution in [1.29, 1.82) is 0 Å². The van der Waals surface area contributed by atoms with Crippen LogP contribution in [0.25, 0.3) is 6.08 Å². The average molecular weight is 432 g/mol. The number of hydrogen-bond acceptors (Lipinski definition) is 4. The average Bonchev–Trinajstić information content (AvgIpc) is 2.86. The Kier molecular flexibility index (Phi) is 6.22. The van der Waals surface area contributed by atoms with Gasteiger partial charge < -0.3 is 4.90 Å². The van der Waals surface area contributed by atoms with Gasteiger partial charge in [0.2, 0.25) is 5.69 Å². The predicted octanol–water partition coefficient (Wildman–Crippen LogP) is 4.38. The molecule has 0 saturated carbocycles. The number of hydrogen-bond donors (Lipinski definition) is 1. The highest BCUT2D eigenvalue weighted by Crippen LogP contribution is 2.39. The van der Waals surface area contributed by atoms with E-state index >= 15 is 0 Å². The van der Waals surface area contributed by atoms with Crippen LogP contribution >= 0.6 is 10.8 Å². The van der Waals surface area contributed by atoms with Gasteiger partial charge in [0.25, 0.3) is 0 Å². The molecule has 0 atom stereocenters. The standard InChI is InChI=1S/C22H26N2O3S2/c1-22(2)19-7-5-6-8-20(19)24(4)21(22)14-11-17-9-12-18(13-10-17)23(3)15-16-28-29(25,26)27/h5-14H,15-16H2,1-4H3/p+1. The van der Waals surface area contributed by atoms with Crippen molar-refractivity contribution in [3.8, 4) is 0 Å². The second-order valence-corrected chi connectivity index (χ2v) is 11.2. The summed E-state index contributed by atoms with van der Waals surface area (Å²) in [5.41, 5.74) is 5.88. The maximum atomic E-state index is 10.8. The summed E-state index contributed by atoms with van der Waals surface area (Å²) in [6, 6.07) is 16.6. The van der Waals surface area contributed by atoms with Crippen LogP contribution in [0.2, 0.25) is 0 Å². The maximum Gasteiger partial charge on any atom is 0.319 e.